The molecule has 12 heteroatoms. The molecule has 0 atom stereocenters. The Bertz CT molecular complexity index is 2070. The number of nitro groups is 1. The number of hydrogen-bond acceptors (Lipinski definition) is 8. The third-order valence-electron chi connectivity index (χ3n) is 7.35. The lowest BCUT2D eigenvalue weighted by atomic mass is 9.96. The number of rotatable bonds is 10. The highest BCUT2D eigenvalue weighted by Crippen LogP contribution is 2.36. The molecule has 234 valence electrons. The van der Waals surface area contributed by atoms with Gasteiger partial charge in [-0.15, -0.1) is 0 Å². The van der Waals surface area contributed by atoms with Crippen LogP contribution in [0.25, 0.3) is 22.3 Å². The van der Waals surface area contributed by atoms with E-state index in [2.05, 4.69) is 21.0 Å². The van der Waals surface area contributed by atoms with Gasteiger partial charge in [0, 0.05) is 21.7 Å². The molecule has 0 aliphatic carbocycles. The van der Waals surface area contributed by atoms with E-state index in [1.807, 2.05) is 32.9 Å². The van der Waals surface area contributed by atoms with Crippen LogP contribution in [-0.4, -0.2) is 39.0 Å². The second-order valence-electron chi connectivity index (χ2n) is 10.8. The van der Waals surface area contributed by atoms with Gasteiger partial charge in [0.1, 0.15) is 12.4 Å². The molecular weight excluding hydrogens is 656 g/mol. The number of fused-ring (bicyclic) bond motifs is 1. The number of carboxylic acids is 1. The van der Waals surface area contributed by atoms with E-state index in [1.54, 1.807) is 49.6 Å². The molecule has 0 aliphatic heterocycles. The van der Waals surface area contributed by atoms with Crippen molar-refractivity contribution >= 4 is 44.7 Å². The Morgan fingerprint density at radius 1 is 1.13 bits per heavy atom. The minimum absolute atomic E-state index is 0.0784. The number of carbonyl (C=O) groups is 1. The summed E-state index contributed by atoms with van der Waals surface area (Å²) < 4.78 is 13.1. The van der Waals surface area contributed by atoms with Crippen molar-refractivity contribution in [2.75, 3.05) is 7.11 Å². The molecule has 4 aromatic carbocycles. The summed E-state index contributed by atoms with van der Waals surface area (Å²) in [5.41, 5.74) is 3.07. The zero-order valence-corrected chi connectivity index (χ0v) is 26.9. The largest absolute Gasteiger partial charge is 0.496 e. The molecule has 0 saturated carbocycles. The van der Waals surface area contributed by atoms with Crippen molar-refractivity contribution in [1.29, 1.82) is 0 Å². The number of methoxy groups -OCH3 is 1. The molecule has 1 aromatic heterocycles. The maximum atomic E-state index is 13.9. The van der Waals surface area contributed by atoms with Gasteiger partial charge in [0.2, 0.25) is 5.75 Å². The second-order valence-corrected chi connectivity index (χ2v) is 11.7. The molecule has 0 spiro atoms. The van der Waals surface area contributed by atoms with Crippen LogP contribution in [0.1, 0.15) is 52.4 Å². The average molecular weight is 686 g/mol. The van der Waals surface area contributed by atoms with Crippen LogP contribution >= 0.6 is 15.9 Å². The summed E-state index contributed by atoms with van der Waals surface area (Å²) in [6, 6.07) is 19.7. The Kier molecular flexibility index (Phi) is 9.28. The Morgan fingerprint density at radius 2 is 1.85 bits per heavy atom. The van der Waals surface area contributed by atoms with Crippen molar-refractivity contribution < 1.29 is 24.3 Å². The molecule has 0 bridgehead atoms. The summed E-state index contributed by atoms with van der Waals surface area (Å²) in [6.07, 6.45) is 1.32. The summed E-state index contributed by atoms with van der Waals surface area (Å²) in [5.74, 6) is -0.0358. The van der Waals surface area contributed by atoms with Crippen LogP contribution < -0.4 is 15.0 Å². The number of aryl methyl sites for hydroxylation is 1. The Balaban J connectivity index is 1.66. The van der Waals surface area contributed by atoms with Crippen LogP contribution in [0.15, 0.2) is 87.2 Å². The molecule has 11 nitrogen and oxygen atoms in total. The molecule has 0 unspecified atom stereocenters. The zero-order valence-electron chi connectivity index (χ0n) is 25.4. The van der Waals surface area contributed by atoms with Crippen molar-refractivity contribution in [1.82, 2.24) is 9.66 Å². The van der Waals surface area contributed by atoms with Gasteiger partial charge in [-0.2, -0.15) is 9.78 Å². The quantitative estimate of drug-likeness (QED) is 0.0914. The third kappa shape index (κ3) is 6.52. The molecule has 0 amide bonds. The summed E-state index contributed by atoms with van der Waals surface area (Å²) in [4.78, 5) is 41.5. The van der Waals surface area contributed by atoms with Gasteiger partial charge in [-0.05, 0) is 72.0 Å². The summed E-state index contributed by atoms with van der Waals surface area (Å²) in [6.45, 7) is 5.88. The summed E-state index contributed by atoms with van der Waals surface area (Å²) in [5, 5.41) is 26.1. The SMILES string of the molecule is COc1cc(C)c(-c2nc3ccccc3c(=O)n2N=Cc2cc(Br)cc([N+](=O)[O-])c2OCc2ccc(C(=O)O)cc2)cc1C(C)C. The fourth-order valence-corrected chi connectivity index (χ4v) is 5.44. The number of halogens is 1. The Morgan fingerprint density at radius 3 is 2.50 bits per heavy atom. The van der Waals surface area contributed by atoms with Gasteiger partial charge >= 0.3 is 11.7 Å². The van der Waals surface area contributed by atoms with E-state index >= 15 is 0 Å². The normalized spacial score (nSPS) is 11.3. The Hall–Kier alpha value is -5.36. The van der Waals surface area contributed by atoms with Gasteiger partial charge in [-0.1, -0.05) is 54.0 Å². The number of nitrogens with zero attached hydrogens (tertiary/aromatic N) is 4. The number of nitro benzene ring substituents is 1. The van der Waals surface area contributed by atoms with E-state index in [9.17, 15) is 24.8 Å². The predicted octanol–water partition coefficient (Wildman–Crippen LogP) is 7.33. The van der Waals surface area contributed by atoms with Crippen LogP contribution in [0.3, 0.4) is 0 Å². The van der Waals surface area contributed by atoms with Gasteiger partial charge in [-0.3, -0.25) is 14.9 Å². The van der Waals surface area contributed by atoms with E-state index < -0.39 is 16.5 Å². The number of benzene rings is 4. The van der Waals surface area contributed by atoms with E-state index in [0.29, 0.717) is 26.5 Å². The van der Waals surface area contributed by atoms with Gasteiger partial charge in [0.15, 0.2) is 5.82 Å². The van der Waals surface area contributed by atoms with Crippen LogP contribution in [-0.2, 0) is 6.61 Å². The Labute approximate surface area is 272 Å². The van der Waals surface area contributed by atoms with Gasteiger partial charge < -0.3 is 14.6 Å². The lowest BCUT2D eigenvalue weighted by Crippen LogP contribution is -2.21. The molecule has 46 heavy (non-hydrogen) atoms. The number of aromatic carboxylic acids is 1. The molecule has 0 fully saturated rings. The first-order chi connectivity index (χ1) is 22.0. The molecule has 1 heterocycles. The fourth-order valence-electron chi connectivity index (χ4n) is 4.98. The minimum Gasteiger partial charge on any atom is -0.496 e. The van der Waals surface area contributed by atoms with Crippen molar-refractivity contribution in [2.45, 2.75) is 33.3 Å². The molecule has 0 radical (unpaired) electrons. The highest BCUT2D eigenvalue weighted by molar-refractivity contribution is 9.10. The van der Waals surface area contributed by atoms with E-state index in [-0.39, 0.29) is 40.9 Å². The zero-order chi connectivity index (χ0) is 33.1. The number of para-hydroxylation sites is 1. The van der Waals surface area contributed by atoms with Crippen LogP contribution in [0.5, 0.6) is 11.5 Å². The van der Waals surface area contributed by atoms with Crippen molar-refractivity contribution in [2.24, 2.45) is 5.10 Å². The maximum absolute atomic E-state index is 13.9. The number of carboxylic acid groups (broad SMARTS) is 1. The lowest BCUT2D eigenvalue weighted by Gasteiger charge is -2.17. The van der Waals surface area contributed by atoms with Gasteiger partial charge in [-0.25, -0.2) is 9.78 Å². The number of aromatic nitrogens is 2. The van der Waals surface area contributed by atoms with Crippen molar-refractivity contribution in [3.63, 3.8) is 0 Å². The molecule has 1 N–H and O–H groups in total. The molecule has 5 aromatic rings. The first kappa shape index (κ1) is 32.0. The first-order valence-corrected chi connectivity index (χ1v) is 15.0. The van der Waals surface area contributed by atoms with Crippen LogP contribution in [0.4, 0.5) is 5.69 Å². The standard InChI is InChI=1S/C34H29BrN4O7/c1-19(2)26-16-27(20(3)13-30(26)45-4)32-37-28-8-6-5-7-25(28)33(40)38(32)36-17-23-14-24(35)15-29(39(43)44)31(23)46-18-21-9-11-22(12-10-21)34(41)42/h5-17,19H,18H2,1-4H3,(H,41,42). The number of ether oxygens (including phenoxy) is 2. The highest BCUT2D eigenvalue weighted by Gasteiger charge is 2.22. The molecule has 0 aliphatic rings. The van der Waals surface area contributed by atoms with Gasteiger partial charge in [0.25, 0.3) is 5.56 Å². The van der Waals surface area contributed by atoms with E-state index in [4.69, 9.17) is 14.5 Å². The average Bonchev–Trinajstić information content (AvgIpc) is 3.03. The molecule has 0 saturated heterocycles. The third-order valence-corrected chi connectivity index (χ3v) is 7.81. The number of hydrogen-bond donors (Lipinski definition) is 1. The van der Waals surface area contributed by atoms with Crippen molar-refractivity contribution in [3.8, 4) is 22.9 Å². The smallest absolute Gasteiger partial charge is 0.335 e. The lowest BCUT2D eigenvalue weighted by molar-refractivity contribution is -0.386. The van der Waals surface area contributed by atoms with E-state index in [0.717, 1.165) is 16.9 Å². The maximum Gasteiger partial charge on any atom is 0.335 e. The van der Waals surface area contributed by atoms with Crippen LogP contribution in [0.2, 0.25) is 0 Å². The first-order valence-electron chi connectivity index (χ1n) is 14.2. The highest BCUT2D eigenvalue weighted by atomic mass is 79.9. The van der Waals surface area contributed by atoms with E-state index in [1.165, 1.54) is 29.1 Å². The van der Waals surface area contributed by atoms with Crippen LogP contribution in [0, 0.1) is 17.0 Å². The fraction of sp³-hybridized carbons (Fsp3) is 0.176. The summed E-state index contributed by atoms with van der Waals surface area (Å²) in [7, 11) is 1.61. The molecular formula is C34H29BrN4O7. The minimum atomic E-state index is -1.07. The summed E-state index contributed by atoms with van der Waals surface area (Å²) >= 11 is 3.33. The monoisotopic (exact) mass is 684 g/mol. The molecule has 5 rings (SSSR count). The van der Waals surface area contributed by atoms with Crippen molar-refractivity contribution in [3.05, 3.63) is 126 Å². The second kappa shape index (κ2) is 13.3. The predicted molar refractivity (Wildman–Crippen MR) is 178 cm³/mol. The topological polar surface area (TPSA) is 146 Å². The van der Waals surface area contributed by atoms with Gasteiger partial charge in [0.05, 0.1) is 34.7 Å².